The molecular formula is C14H17F2NO. The fraction of sp³-hybridized carbons (Fsp3) is 0.429. The predicted octanol–water partition coefficient (Wildman–Crippen LogP) is 4.06. The number of alkyl halides is 2. The van der Waals surface area contributed by atoms with Gasteiger partial charge in [0.25, 0.3) is 0 Å². The summed E-state index contributed by atoms with van der Waals surface area (Å²) < 4.78 is 28.5. The fourth-order valence-corrected chi connectivity index (χ4v) is 2.09. The molecule has 1 atom stereocenters. The molecule has 0 saturated heterocycles. The Kier molecular flexibility index (Phi) is 4.56. The van der Waals surface area contributed by atoms with Crippen LogP contribution in [0.15, 0.2) is 36.4 Å². The summed E-state index contributed by atoms with van der Waals surface area (Å²) in [5.41, 5.74) is 0.822. The number of anilines is 1. The van der Waals surface area contributed by atoms with Crippen LogP contribution in [0.5, 0.6) is 5.75 Å². The molecule has 2 rings (SSSR count). The van der Waals surface area contributed by atoms with Gasteiger partial charge in [0, 0.05) is 18.3 Å². The molecule has 0 bridgehead atoms. The number of rotatable bonds is 5. The molecule has 1 unspecified atom stereocenters. The van der Waals surface area contributed by atoms with Crippen LogP contribution >= 0.6 is 0 Å². The summed E-state index contributed by atoms with van der Waals surface area (Å²) in [6.07, 6.45) is 7.79. The number of allylic oxidation sites excluding steroid dienone is 2. The number of hydrogen-bond acceptors (Lipinski definition) is 2. The van der Waals surface area contributed by atoms with Gasteiger partial charge in [0.15, 0.2) is 0 Å². The van der Waals surface area contributed by atoms with Gasteiger partial charge in [0.2, 0.25) is 0 Å². The van der Waals surface area contributed by atoms with Crippen molar-refractivity contribution < 1.29 is 13.5 Å². The zero-order valence-electron chi connectivity index (χ0n) is 10.1. The van der Waals surface area contributed by atoms with E-state index in [9.17, 15) is 8.78 Å². The van der Waals surface area contributed by atoms with Crippen molar-refractivity contribution >= 4 is 5.69 Å². The molecule has 0 saturated carbocycles. The Morgan fingerprint density at radius 2 is 2.22 bits per heavy atom. The quantitative estimate of drug-likeness (QED) is 0.799. The van der Waals surface area contributed by atoms with Crippen molar-refractivity contribution in [3.05, 3.63) is 36.4 Å². The minimum absolute atomic E-state index is 0.193. The first-order valence-electron chi connectivity index (χ1n) is 6.18. The molecule has 0 heterocycles. The summed E-state index contributed by atoms with van der Waals surface area (Å²) >= 11 is 0. The highest BCUT2D eigenvalue weighted by Gasteiger charge is 2.10. The van der Waals surface area contributed by atoms with Crippen molar-refractivity contribution in [1.29, 1.82) is 0 Å². The summed E-state index contributed by atoms with van der Waals surface area (Å²) in [6.45, 7) is -1.91. The van der Waals surface area contributed by atoms with Crippen molar-refractivity contribution in [3.8, 4) is 5.75 Å². The van der Waals surface area contributed by atoms with E-state index in [4.69, 9.17) is 0 Å². The fourth-order valence-electron chi connectivity index (χ4n) is 2.09. The maximum absolute atomic E-state index is 12.1. The van der Waals surface area contributed by atoms with Gasteiger partial charge >= 0.3 is 6.61 Å². The van der Waals surface area contributed by atoms with Gasteiger partial charge in [-0.3, -0.25) is 0 Å². The van der Waals surface area contributed by atoms with Gasteiger partial charge in [-0.2, -0.15) is 8.78 Å². The van der Waals surface area contributed by atoms with E-state index in [-0.39, 0.29) is 5.75 Å². The zero-order chi connectivity index (χ0) is 12.8. The maximum atomic E-state index is 12.1. The minimum Gasteiger partial charge on any atom is -0.435 e. The molecule has 4 heteroatoms. The van der Waals surface area contributed by atoms with Crippen LogP contribution in [0.25, 0.3) is 0 Å². The highest BCUT2D eigenvalue weighted by atomic mass is 19.3. The Bertz CT molecular complexity index is 407. The molecular weight excluding hydrogens is 236 g/mol. The standard InChI is InChI=1S/C14H17F2NO/c15-14(16)18-13-8-4-7-12(9-13)17-10-11-5-2-1-3-6-11/h1-2,4,7-9,11,14,17H,3,5-6,10H2. The van der Waals surface area contributed by atoms with Crippen molar-refractivity contribution in [2.24, 2.45) is 5.92 Å². The molecule has 1 N–H and O–H groups in total. The molecule has 0 aromatic heterocycles. The monoisotopic (exact) mass is 253 g/mol. The van der Waals surface area contributed by atoms with Gasteiger partial charge in [-0.1, -0.05) is 18.2 Å². The number of benzene rings is 1. The molecule has 0 radical (unpaired) electrons. The van der Waals surface area contributed by atoms with Gasteiger partial charge in [0.05, 0.1) is 0 Å². The van der Waals surface area contributed by atoms with E-state index in [0.717, 1.165) is 25.1 Å². The van der Waals surface area contributed by atoms with Crippen molar-refractivity contribution in [2.75, 3.05) is 11.9 Å². The lowest BCUT2D eigenvalue weighted by molar-refractivity contribution is -0.0498. The number of nitrogens with one attached hydrogen (secondary N) is 1. The Hall–Kier alpha value is -1.58. The van der Waals surface area contributed by atoms with Crippen LogP contribution in [0.4, 0.5) is 14.5 Å². The second-order valence-electron chi connectivity index (χ2n) is 4.44. The van der Waals surface area contributed by atoms with E-state index in [2.05, 4.69) is 22.2 Å². The second kappa shape index (κ2) is 6.38. The number of halogens is 2. The zero-order valence-corrected chi connectivity index (χ0v) is 10.1. The van der Waals surface area contributed by atoms with Crippen LogP contribution < -0.4 is 10.1 Å². The Morgan fingerprint density at radius 1 is 1.33 bits per heavy atom. The van der Waals surface area contributed by atoms with E-state index in [1.165, 1.54) is 12.5 Å². The van der Waals surface area contributed by atoms with Crippen LogP contribution in [0.3, 0.4) is 0 Å². The second-order valence-corrected chi connectivity index (χ2v) is 4.44. The highest BCUT2D eigenvalue weighted by molar-refractivity contribution is 5.48. The van der Waals surface area contributed by atoms with Gasteiger partial charge in [-0.15, -0.1) is 0 Å². The lowest BCUT2D eigenvalue weighted by atomic mass is 9.94. The van der Waals surface area contributed by atoms with Crippen LogP contribution in [-0.2, 0) is 0 Å². The smallest absolute Gasteiger partial charge is 0.387 e. The van der Waals surface area contributed by atoms with Crippen molar-refractivity contribution in [3.63, 3.8) is 0 Å². The van der Waals surface area contributed by atoms with Gasteiger partial charge in [-0.05, 0) is 37.3 Å². The Labute approximate surface area is 106 Å². The first-order valence-corrected chi connectivity index (χ1v) is 6.18. The molecule has 1 aromatic carbocycles. The van der Waals surface area contributed by atoms with Crippen LogP contribution in [-0.4, -0.2) is 13.2 Å². The number of hydrogen-bond donors (Lipinski definition) is 1. The maximum Gasteiger partial charge on any atom is 0.387 e. The molecule has 98 valence electrons. The molecule has 0 spiro atoms. The summed E-state index contributed by atoms with van der Waals surface area (Å²) in [7, 11) is 0. The molecule has 1 aromatic rings. The molecule has 0 fully saturated rings. The average molecular weight is 253 g/mol. The molecule has 1 aliphatic rings. The molecule has 0 aliphatic heterocycles. The summed E-state index contributed by atoms with van der Waals surface area (Å²) in [5.74, 6) is 0.813. The molecule has 0 amide bonds. The van der Waals surface area contributed by atoms with E-state index >= 15 is 0 Å². The third kappa shape index (κ3) is 4.02. The summed E-state index contributed by atoms with van der Waals surface area (Å²) in [6, 6.07) is 6.70. The normalized spacial score (nSPS) is 18.9. The van der Waals surface area contributed by atoms with E-state index < -0.39 is 6.61 Å². The van der Waals surface area contributed by atoms with Crippen LogP contribution in [0.2, 0.25) is 0 Å². The summed E-state index contributed by atoms with van der Waals surface area (Å²) in [4.78, 5) is 0. The average Bonchev–Trinajstić information content (AvgIpc) is 2.37. The SMILES string of the molecule is FC(F)Oc1cccc(NCC2CC=CCC2)c1. The minimum atomic E-state index is -2.77. The Balaban J connectivity index is 1.86. The largest absolute Gasteiger partial charge is 0.435 e. The molecule has 18 heavy (non-hydrogen) atoms. The molecule has 1 aliphatic carbocycles. The van der Waals surface area contributed by atoms with E-state index in [1.807, 2.05) is 6.07 Å². The first kappa shape index (κ1) is 12.9. The lowest BCUT2D eigenvalue weighted by Gasteiger charge is -2.19. The third-order valence-electron chi connectivity index (χ3n) is 3.03. The van der Waals surface area contributed by atoms with Crippen LogP contribution in [0.1, 0.15) is 19.3 Å². The third-order valence-corrected chi connectivity index (χ3v) is 3.03. The number of ether oxygens (including phenoxy) is 1. The van der Waals surface area contributed by atoms with Crippen molar-refractivity contribution in [1.82, 2.24) is 0 Å². The first-order chi connectivity index (χ1) is 8.74. The van der Waals surface area contributed by atoms with Gasteiger partial charge in [-0.25, -0.2) is 0 Å². The summed E-state index contributed by atoms with van der Waals surface area (Å²) in [5, 5.41) is 3.27. The molecule has 2 nitrogen and oxygen atoms in total. The van der Waals surface area contributed by atoms with E-state index in [0.29, 0.717) is 5.92 Å². The van der Waals surface area contributed by atoms with E-state index in [1.54, 1.807) is 12.1 Å². The van der Waals surface area contributed by atoms with Crippen molar-refractivity contribution in [2.45, 2.75) is 25.9 Å². The lowest BCUT2D eigenvalue weighted by Crippen LogP contribution is -2.15. The van der Waals surface area contributed by atoms with Crippen LogP contribution in [0, 0.1) is 5.92 Å². The van der Waals surface area contributed by atoms with Gasteiger partial charge in [0.1, 0.15) is 5.75 Å². The van der Waals surface area contributed by atoms with Gasteiger partial charge < -0.3 is 10.1 Å². The highest BCUT2D eigenvalue weighted by Crippen LogP contribution is 2.22. The predicted molar refractivity (Wildman–Crippen MR) is 68.0 cm³/mol. The topological polar surface area (TPSA) is 21.3 Å². The Morgan fingerprint density at radius 3 is 2.94 bits per heavy atom.